The van der Waals surface area contributed by atoms with Gasteiger partial charge >= 0.3 is 5.97 Å². The molecule has 0 atom stereocenters. The number of nitrogens with one attached hydrogen (secondary N) is 1. The second kappa shape index (κ2) is 7.08. The summed E-state index contributed by atoms with van der Waals surface area (Å²) in [5.74, 6) is -2.75. The second-order valence-electron chi connectivity index (χ2n) is 5.84. The van der Waals surface area contributed by atoms with Gasteiger partial charge < -0.3 is 10.1 Å². The van der Waals surface area contributed by atoms with Crippen LogP contribution in [0.15, 0.2) is 22.3 Å². The molecule has 0 aliphatic carbocycles. The smallest absolute Gasteiger partial charge is 0.338 e. The van der Waals surface area contributed by atoms with Crippen molar-refractivity contribution in [3.63, 3.8) is 0 Å². The van der Waals surface area contributed by atoms with Gasteiger partial charge in [0.2, 0.25) is 5.91 Å². The Morgan fingerprint density at radius 3 is 2.46 bits per heavy atom. The van der Waals surface area contributed by atoms with Gasteiger partial charge in [-0.3, -0.25) is 4.79 Å². The molecule has 1 fully saturated rings. The fourth-order valence-electron chi connectivity index (χ4n) is 1.68. The third-order valence-electron chi connectivity index (χ3n) is 2.64. The van der Waals surface area contributed by atoms with E-state index in [0.717, 1.165) is 30.1 Å². The maximum atomic E-state index is 14.0. The Kier molecular flexibility index (Phi) is 5.33. The van der Waals surface area contributed by atoms with Crippen molar-refractivity contribution in [1.82, 2.24) is 5.32 Å². The van der Waals surface area contributed by atoms with Crippen LogP contribution in [0.25, 0.3) is 0 Å². The lowest BCUT2D eigenvalue weighted by atomic mass is 10.1. The molecule has 0 radical (unpaired) electrons. The Bertz CT molecular complexity index is 719. The van der Waals surface area contributed by atoms with Crippen molar-refractivity contribution >= 4 is 35.0 Å². The standard InChI is InChI=1S/C15H15F2N3O3S/c1-15(2,3)23-13(22)8-4-10(16)9(11(17)5-8)6-18-20-14-19-12(21)7-24-14/h4-6H,7H2,1-3H3,(H,19,20,21). The van der Waals surface area contributed by atoms with Crippen molar-refractivity contribution in [3.05, 3.63) is 34.9 Å². The van der Waals surface area contributed by atoms with E-state index in [1.807, 2.05) is 0 Å². The number of hydrogen-bond donors (Lipinski definition) is 1. The lowest BCUT2D eigenvalue weighted by molar-refractivity contribution is -0.116. The topological polar surface area (TPSA) is 80.1 Å². The number of hydrogen-bond acceptors (Lipinski definition) is 6. The van der Waals surface area contributed by atoms with Crippen LogP contribution in [0.4, 0.5) is 8.78 Å². The summed E-state index contributed by atoms with van der Waals surface area (Å²) in [4.78, 5) is 22.8. The summed E-state index contributed by atoms with van der Waals surface area (Å²) in [7, 11) is 0. The van der Waals surface area contributed by atoms with E-state index >= 15 is 0 Å². The van der Waals surface area contributed by atoms with Gasteiger partial charge in [-0.25, -0.2) is 13.6 Å². The molecule has 0 bridgehead atoms. The molecule has 1 aliphatic heterocycles. The van der Waals surface area contributed by atoms with Crippen molar-refractivity contribution in [2.24, 2.45) is 10.2 Å². The van der Waals surface area contributed by atoms with Crippen LogP contribution >= 0.6 is 11.8 Å². The molecule has 9 heteroatoms. The molecule has 1 aromatic carbocycles. The van der Waals surface area contributed by atoms with Crippen molar-refractivity contribution in [3.8, 4) is 0 Å². The molecule has 2 rings (SSSR count). The van der Waals surface area contributed by atoms with E-state index in [-0.39, 0.29) is 22.4 Å². The first-order valence-corrected chi connectivity index (χ1v) is 7.90. The zero-order valence-corrected chi connectivity index (χ0v) is 14.0. The summed E-state index contributed by atoms with van der Waals surface area (Å²) in [6.07, 6.45) is 0.877. The van der Waals surface area contributed by atoms with E-state index in [9.17, 15) is 18.4 Å². The first-order valence-electron chi connectivity index (χ1n) is 6.92. The number of amidine groups is 1. The zero-order chi connectivity index (χ0) is 17.9. The number of halogens is 2. The Labute approximate surface area is 141 Å². The van der Waals surface area contributed by atoms with Gasteiger partial charge in [0.1, 0.15) is 17.2 Å². The highest BCUT2D eigenvalue weighted by atomic mass is 32.2. The number of benzene rings is 1. The molecule has 24 heavy (non-hydrogen) atoms. The van der Waals surface area contributed by atoms with Crippen molar-refractivity contribution in [2.75, 3.05) is 5.75 Å². The average molecular weight is 355 g/mol. The van der Waals surface area contributed by atoms with E-state index in [2.05, 4.69) is 15.5 Å². The predicted molar refractivity (Wildman–Crippen MR) is 87.2 cm³/mol. The highest BCUT2D eigenvalue weighted by molar-refractivity contribution is 8.15. The minimum atomic E-state index is -0.970. The van der Waals surface area contributed by atoms with Crippen LogP contribution in [-0.4, -0.2) is 34.6 Å². The van der Waals surface area contributed by atoms with Gasteiger partial charge in [-0.15, -0.1) is 5.10 Å². The summed E-state index contributed by atoms with van der Waals surface area (Å²) in [5, 5.41) is 9.87. The van der Waals surface area contributed by atoms with E-state index in [4.69, 9.17) is 4.74 Å². The second-order valence-corrected chi connectivity index (χ2v) is 6.81. The van der Waals surface area contributed by atoms with Crippen LogP contribution in [0.2, 0.25) is 0 Å². The largest absolute Gasteiger partial charge is 0.456 e. The number of esters is 1. The number of carbonyl (C=O) groups excluding carboxylic acids is 2. The summed E-state index contributed by atoms with van der Waals surface area (Å²) in [6.45, 7) is 4.95. The molecular formula is C15H15F2N3O3S. The van der Waals surface area contributed by atoms with E-state index in [1.165, 1.54) is 0 Å². The van der Waals surface area contributed by atoms with Gasteiger partial charge in [0, 0.05) is 0 Å². The van der Waals surface area contributed by atoms with Gasteiger partial charge in [0.15, 0.2) is 5.17 Å². The summed E-state index contributed by atoms with van der Waals surface area (Å²) in [5.41, 5.74) is -1.45. The Morgan fingerprint density at radius 1 is 1.33 bits per heavy atom. The maximum absolute atomic E-state index is 14.0. The number of amides is 1. The van der Waals surface area contributed by atoms with Gasteiger partial charge in [-0.2, -0.15) is 5.10 Å². The number of rotatable bonds is 3. The van der Waals surface area contributed by atoms with Crippen LogP contribution in [0.5, 0.6) is 0 Å². The van der Waals surface area contributed by atoms with E-state index < -0.39 is 28.8 Å². The van der Waals surface area contributed by atoms with Gasteiger partial charge in [0.05, 0.1) is 23.1 Å². The molecule has 6 nitrogen and oxygen atoms in total. The molecule has 1 aromatic rings. The third-order valence-corrected chi connectivity index (χ3v) is 3.50. The quantitative estimate of drug-likeness (QED) is 0.513. The Hall–Kier alpha value is -2.29. The summed E-state index contributed by atoms with van der Waals surface area (Å²) in [6, 6.07) is 1.75. The molecule has 0 spiro atoms. The van der Waals surface area contributed by atoms with Gasteiger partial charge in [0.25, 0.3) is 0 Å². The van der Waals surface area contributed by atoms with Gasteiger partial charge in [-0.05, 0) is 32.9 Å². The highest BCUT2D eigenvalue weighted by Gasteiger charge is 2.21. The minimum absolute atomic E-state index is 0.215. The molecule has 1 amide bonds. The van der Waals surface area contributed by atoms with Crippen molar-refractivity contribution in [1.29, 1.82) is 0 Å². The molecule has 1 saturated heterocycles. The lowest BCUT2D eigenvalue weighted by Crippen LogP contribution is -2.24. The van der Waals surface area contributed by atoms with Crippen LogP contribution in [0.3, 0.4) is 0 Å². The molecule has 1 N–H and O–H groups in total. The maximum Gasteiger partial charge on any atom is 0.338 e. The van der Waals surface area contributed by atoms with Crippen LogP contribution in [0.1, 0.15) is 36.7 Å². The van der Waals surface area contributed by atoms with Crippen LogP contribution in [-0.2, 0) is 9.53 Å². The monoisotopic (exact) mass is 355 g/mol. The fraction of sp³-hybridized carbons (Fsp3) is 0.333. The number of carbonyl (C=O) groups is 2. The zero-order valence-electron chi connectivity index (χ0n) is 13.2. The van der Waals surface area contributed by atoms with E-state index in [0.29, 0.717) is 0 Å². The molecule has 1 aliphatic rings. The number of thioether (sulfide) groups is 1. The van der Waals surface area contributed by atoms with Crippen molar-refractivity contribution < 1.29 is 23.1 Å². The Balaban J connectivity index is 2.18. The first-order chi connectivity index (χ1) is 11.2. The highest BCUT2D eigenvalue weighted by Crippen LogP contribution is 2.18. The van der Waals surface area contributed by atoms with Crippen LogP contribution < -0.4 is 5.32 Å². The Morgan fingerprint density at radius 2 is 1.96 bits per heavy atom. The van der Waals surface area contributed by atoms with Crippen molar-refractivity contribution in [2.45, 2.75) is 26.4 Å². The predicted octanol–water partition coefficient (Wildman–Crippen LogP) is 2.47. The average Bonchev–Trinajstić information content (AvgIpc) is 2.85. The van der Waals surface area contributed by atoms with Gasteiger partial charge in [-0.1, -0.05) is 11.8 Å². The summed E-state index contributed by atoms with van der Waals surface area (Å²) >= 11 is 1.13. The SMILES string of the molecule is CC(C)(C)OC(=O)c1cc(F)c(C=NN=C2NC(=O)CS2)c(F)c1. The molecular weight excluding hydrogens is 340 g/mol. The first kappa shape index (κ1) is 18.1. The normalized spacial score (nSPS) is 16.7. The lowest BCUT2D eigenvalue weighted by Gasteiger charge is -2.19. The molecule has 0 unspecified atom stereocenters. The molecule has 0 aromatic heterocycles. The minimum Gasteiger partial charge on any atom is -0.456 e. The third kappa shape index (κ3) is 4.85. The molecule has 1 heterocycles. The van der Waals surface area contributed by atoms with Crippen LogP contribution in [0, 0.1) is 11.6 Å². The molecule has 128 valence electrons. The number of ether oxygens (including phenoxy) is 1. The number of nitrogens with zero attached hydrogens (tertiary/aromatic N) is 2. The fourth-order valence-corrected chi connectivity index (χ4v) is 2.31. The summed E-state index contributed by atoms with van der Waals surface area (Å²) < 4.78 is 33.1. The van der Waals surface area contributed by atoms with E-state index in [1.54, 1.807) is 20.8 Å². The molecule has 0 saturated carbocycles.